The maximum Gasteiger partial charge on any atom is 0.295 e. The van der Waals surface area contributed by atoms with Crippen LogP contribution in [0.25, 0.3) is 5.76 Å². The Hall–Kier alpha value is -4.10. The van der Waals surface area contributed by atoms with Gasteiger partial charge in [0, 0.05) is 18.7 Å². The highest BCUT2D eigenvalue weighted by Crippen LogP contribution is 2.40. The van der Waals surface area contributed by atoms with Crippen molar-refractivity contribution in [3.63, 3.8) is 0 Å². The van der Waals surface area contributed by atoms with Crippen LogP contribution in [0, 0.1) is 6.92 Å². The summed E-state index contributed by atoms with van der Waals surface area (Å²) in [6.45, 7) is 12.0. The molecule has 222 valence electrons. The molecule has 1 heterocycles. The van der Waals surface area contributed by atoms with E-state index in [1.54, 1.807) is 29.2 Å². The van der Waals surface area contributed by atoms with E-state index in [1.807, 2.05) is 49.4 Å². The van der Waals surface area contributed by atoms with Crippen LogP contribution in [-0.2, 0) is 16.2 Å². The molecule has 1 fully saturated rings. The predicted molar refractivity (Wildman–Crippen MR) is 166 cm³/mol. The van der Waals surface area contributed by atoms with E-state index in [0.717, 1.165) is 48.4 Å². The Morgan fingerprint density at radius 3 is 2.21 bits per heavy atom. The van der Waals surface area contributed by atoms with Crippen LogP contribution in [0.15, 0.2) is 78.4 Å². The number of nitrogens with zero attached hydrogens (tertiary/aromatic N) is 2. The number of aryl methyl sites for hydroxylation is 1. The fourth-order valence-corrected chi connectivity index (χ4v) is 5.16. The standard InChI is InChI=1S/C35H42N2O5/c1-5-8-22-41-29-16-12-27(13-17-29)32-31(34(39)35(40)37(32)21-20-36(6-2)7-3)33(38)28-14-18-30(19-15-28)42-24-26-11-9-10-25(4)23-26/h9-19,23,32,38H,5-8,20-22,24H2,1-4H3/b33-31+. The number of aliphatic hydroxyl groups is 1. The third kappa shape index (κ3) is 7.39. The summed E-state index contributed by atoms with van der Waals surface area (Å²) >= 11 is 0. The summed E-state index contributed by atoms with van der Waals surface area (Å²) in [5.74, 6) is -0.108. The number of likely N-dealkylation sites (tertiary alicyclic amines) is 1. The van der Waals surface area contributed by atoms with Crippen LogP contribution in [0.3, 0.4) is 0 Å². The molecule has 3 aromatic carbocycles. The number of carbonyl (C=O) groups excluding carboxylic acids is 2. The highest BCUT2D eigenvalue weighted by molar-refractivity contribution is 6.46. The Bertz CT molecular complexity index is 1380. The van der Waals surface area contributed by atoms with E-state index in [1.165, 1.54) is 0 Å². The zero-order valence-electron chi connectivity index (χ0n) is 25.1. The second-order valence-corrected chi connectivity index (χ2v) is 10.6. The molecule has 0 aliphatic carbocycles. The van der Waals surface area contributed by atoms with Crippen LogP contribution < -0.4 is 9.47 Å². The third-order valence-electron chi connectivity index (χ3n) is 7.67. The average Bonchev–Trinajstić information content (AvgIpc) is 3.26. The maximum absolute atomic E-state index is 13.4. The number of amides is 1. The molecule has 4 rings (SSSR count). The molecule has 0 aromatic heterocycles. The second-order valence-electron chi connectivity index (χ2n) is 10.6. The first-order chi connectivity index (χ1) is 20.4. The van der Waals surface area contributed by atoms with Crippen molar-refractivity contribution in [3.8, 4) is 11.5 Å². The lowest BCUT2D eigenvalue weighted by Crippen LogP contribution is -2.38. The molecular weight excluding hydrogens is 528 g/mol. The lowest BCUT2D eigenvalue weighted by molar-refractivity contribution is -0.140. The van der Waals surface area contributed by atoms with Gasteiger partial charge in [-0.1, -0.05) is 69.2 Å². The van der Waals surface area contributed by atoms with E-state index in [0.29, 0.717) is 37.6 Å². The Morgan fingerprint density at radius 1 is 0.905 bits per heavy atom. The molecular formula is C35H42N2O5. The number of ether oxygens (including phenoxy) is 2. The van der Waals surface area contributed by atoms with Gasteiger partial charge in [-0.3, -0.25) is 9.59 Å². The van der Waals surface area contributed by atoms with Crippen molar-refractivity contribution >= 4 is 17.4 Å². The van der Waals surface area contributed by atoms with Gasteiger partial charge < -0.3 is 24.4 Å². The van der Waals surface area contributed by atoms with Crippen LogP contribution in [-0.4, -0.2) is 59.4 Å². The van der Waals surface area contributed by atoms with Crippen LogP contribution in [0.1, 0.15) is 61.9 Å². The van der Waals surface area contributed by atoms with Crippen LogP contribution >= 0.6 is 0 Å². The minimum Gasteiger partial charge on any atom is -0.507 e. The fraction of sp³-hybridized carbons (Fsp3) is 0.371. The van der Waals surface area contributed by atoms with Gasteiger partial charge >= 0.3 is 0 Å². The molecule has 1 aliphatic rings. The van der Waals surface area contributed by atoms with Gasteiger partial charge in [-0.05, 0) is 74.0 Å². The molecule has 1 amide bonds. The van der Waals surface area contributed by atoms with Gasteiger partial charge in [-0.15, -0.1) is 0 Å². The van der Waals surface area contributed by atoms with E-state index < -0.39 is 17.7 Å². The summed E-state index contributed by atoms with van der Waals surface area (Å²) in [5, 5.41) is 11.5. The molecule has 0 spiro atoms. The Balaban J connectivity index is 1.62. The fourth-order valence-electron chi connectivity index (χ4n) is 5.16. The van der Waals surface area contributed by atoms with Crippen LogP contribution in [0.2, 0.25) is 0 Å². The van der Waals surface area contributed by atoms with Gasteiger partial charge in [0.1, 0.15) is 23.9 Å². The van der Waals surface area contributed by atoms with Gasteiger partial charge in [-0.25, -0.2) is 0 Å². The lowest BCUT2D eigenvalue weighted by Gasteiger charge is -2.28. The largest absolute Gasteiger partial charge is 0.507 e. The number of Topliss-reactive ketones (excluding diaryl/α,β-unsaturated/α-hetero) is 1. The van der Waals surface area contributed by atoms with Gasteiger partial charge in [0.25, 0.3) is 11.7 Å². The Morgan fingerprint density at radius 2 is 1.57 bits per heavy atom. The van der Waals surface area contributed by atoms with Crippen molar-refractivity contribution in [1.29, 1.82) is 0 Å². The minimum atomic E-state index is -0.706. The van der Waals surface area contributed by atoms with E-state index in [4.69, 9.17) is 9.47 Å². The molecule has 0 saturated carbocycles. The molecule has 1 saturated heterocycles. The predicted octanol–water partition coefficient (Wildman–Crippen LogP) is 6.52. The van der Waals surface area contributed by atoms with Crippen molar-refractivity contribution in [2.45, 2.75) is 53.2 Å². The normalized spacial score (nSPS) is 16.3. The van der Waals surface area contributed by atoms with Crippen molar-refractivity contribution in [2.24, 2.45) is 0 Å². The first kappa shape index (κ1) is 30.8. The van der Waals surface area contributed by atoms with Gasteiger partial charge in [-0.2, -0.15) is 0 Å². The quantitative estimate of drug-likeness (QED) is 0.103. The van der Waals surface area contributed by atoms with E-state index in [9.17, 15) is 14.7 Å². The summed E-state index contributed by atoms with van der Waals surface area (Å²) < 4.78 is 11.8. The molecule has 1 N–H and O–H groups in total. The van der Waals surface area contributed by atoms with E-state index in [2.05, 4.69) is 31.7 Å². The number of hydrogen-bond donors (Lipinski definition) is 1. The average molecular weight is 571 g/mol. The summed E-state index contributed by atoms with van der Waals surface area (Å²) in [6, 6.07) is 21.8. The molecule has 7 nitrogen and oxygen atoms in total. The van der Waals surface area contributed by atoms with Crippen LogP contribution in [0.4, 0.5) is 0 Å². The van der Waals surface area contributed by atoms with Crippen LogP contribution in [0.5, 0.6) is 11.5 Å². The summed E-state index contributed by atoms with van der Waals surface area (Å²) in [4.78, 5) is 30.5. The van der Waals surface area contributed by atoms with E-state index in [-0.39, 0.29) is 11.3 Å². The zero-order valence-corrected chi connectivity index (χ0v) is 25.1. The van der Waals surface area contributed by atoms with Crippen molar-refractivity contribution in [1.82, 2.24) is 9.80 Å². The number of benzene rings is 3. The molecule has 3 aromatic rings. The molecule has 42 heavy (non-hydrogen) atoms. The van der Waals surface area contributed by atoms with Crippen molar-refractivity contribution < 1.29 is 24.2 Å². The first-order valence-corrected chi connectivity index (χ1v) is 14.9. The number of likely N-dealkylation sites (N-methyl/N-ethyl adjacent to an activating group) is 1. The molecule has 1 aliphatic heterocycles. The summed E-state index contributed by atoms with van der Waals surface area (Å²) in [6.07, 6.45) is 2.00. The zero-order chi connectivity index (χ0) is 30.1. The smallest absolute Gasteiger partial charge is 0.295 e. The first-order valence-electron chi connectivity index (χ1n) is 14.9. The molecule has 1 atom stereocenters. The Kier molecular flexibility index (Phi) is 10.8. The van der Waals surface area contributed by atoms with E-state index >= 15 is 0 Å². The third-order valence-corrected chi connectivity index (χ3v) is 7.67. The molecule has 7 heteroatoms. The lowest BCUT2D eigenvalue weighted by atomic mass is 9.95. The number of unbranched alkanes of at least 4 members (excludes halogenated alkanes) is 1. The van der Waals surface area contributed by atoms with Gasteiger partial charge in [0.15, 0.2) is 0 Å². The van der Waals surface area contributed by atoms with Gasteiger partial charge in [0.05, 0.1) is 18.2 Å². The summed E-state index contributed by atoms with van der Waals surface area (Å²) in [5.41, 5.74) is 3.51. The summed E-state index contributed by atoms with van der Waals surface area (Å²) in [7, 11) is 0. The Labute approximate surface area is 249 Å². The SMILES string of the molecule is CCCCOc1ccc(C2/C(=C(\O)c3ccc(OCc4cccc(C)c4)cc3)C(=O)C(=O)N2CCN(CC)CC)cc1. The second kappa shape index (κ2) is 14.7. The molecule has 0 radical (unpaired) electrons. The van der Waals surface area contributed by atoms with Crippen molar-refractivity contribution in [3.05, 3.63) is 101 Å². The molecule has 0 bridgehead atoms. The number of ketones is 1. The van der Waals surface area contributed by atoms with Crippen molar-refractivity contribution in [2.75, 3.05) is 32.8 Å². The highest BCUT2D eigenvalue weighted by atomic mass is 16.5. The monoisotopic (exact) mass is 570 g/mol. The molecule has 1 unspecified atom stereocenters. The number of carbonyl (C=O) groups is 2. The maximum atomic E-state index is 13.4. The number of hydrogen-bond acceptors (Lipinski definition) is 6. The minimum absolute atomic E-state index is 0.0904. The topological polar surface area (TPSA) is 79.3 Å². The number of rotatable bonds is 14. The van der Waals surface area contributed by atoms with Gasteiger partial charge in [0.2, 0.25) is 0 Å². The highest BCUT2D eigenvalue weighted by Gasteiger charge is 2.46. The number of aliphatic hydroxyl groups excluding tert-OH is 1.